The zero-order chi connectivity index (χ0) is 35.1. The number of hydrogen-bond acceptors (Lipinski definition) is 3. The van der Waals surface area contributed by atoms with Crippen LogP contribution in [0, 0.1) is 0 Å². The smallest absolute Gasteiger partial charge is 0.137 e. The van der Waals surface area contributed by atoms with Gasteiger partial charge < -0.3 is 14.2 Å². The normalized spacial score (nSPS) is 11.4. The molecule has 0 fully saturated rings. The van der Waals surface area contributed by atoms with Gasteiger partial charge in [-0.25, -0.2) is 0 Å². The third kappa shape index (κ3) is 5.47. The van der Waals surface area contributed by atoms with Crippen molar-refractivity contribution in [3.63, 3.8) is 0 Å². The molecule has 250 valence electrons. The number of fused-ring (bicyclic) bond motifs is 6. The monoisotopic (exact) mass is 678 g/mol. The van der Waals surface area contributed by atoms with E-state index >= 15 is 0 Å². The Morgan fingerprint density at radius 3 is 1.42 bits per heavy atom. The van der Waals surface area contributed by atoms with Crippen LogP contribution in [0.15, 0.2) is 211 Å². The van der Waals surface area contributed by atoms with E-state index in [1.54, 1.807) is 0 Å². The highest BCUT2D eigenvalue weighted by molar-refractivity contribution is 6.14. The standard InChI is InChI=1S/C50H34N2O/c1-4-17-37(18-5-1)51(38-19-6-2-7-20-38)41-30-36(48-32-35-16-10-11-23-43(35)44-24-12-13-25-45(44)48)31-42(33-41)52(39-21-8-3-9-22-39)40-28-29-47-46-26-14-15-27-49(46)53-50(47)34-40/h1-34H. The molecule has 0 bridgehead atoms. The molecule has 0 aliphatic rings. The highest BCUT2D eigenvalue weighted by atomic mass is 16.3. The van der Waals surface area contributed by atoms with Crippen molar-refractivity contribution in [1.29, 1.82) is 0 Å². The summed E-state index contributed by atoms with van der Waals surface area (Å²) in [5, 5.41) is 7.15. The first-order chi connectivity index (χ1) is 26.3. The van der Waals surface area contributed by atoms with Crippen molar-refractivity contribution >= 4 is 77.6 Å². The van der Waals surface area contributed by atoms with Gasteiger partial charge in [-0.05, 0) is 112 Å². The Bertz CT molecular complexity index is 2860. The first kappa shape index (κ1) is 30.7. The average molecular weight is 679 g/mol. The maximum Gasteiger partial charge on any atom is 0.137 e. The molecule has 10 aromatic rings. The third-order valence-corrected chi connectivity index (χ3v) is 10.2. The Morgan fingerprint density at radius 2 is 0.774 bits per heavy atom. The molecule has 10 rings (SSSR count). The Kier molecular flexibility index (Phi) is 7.47. The molecule has 9 aromatic carbocycles. The third-order valence-electron chi connectivity index (χ3n) is 10.2. The van der Waals surface area contributed by atoms with Crippen molar-refractivity contribution in [2.45, 2.75) is 0 Å². The largest absolute Gasteiger partial charge is 0.456 e. The van der Waals surface area contributed by atoms with Gasteiger partial charge in [0.1, 0.15) is 11.2 Å². The summed E-state index contributed by atoms with van der Waals surface area (Å²) in [6, 6.07) is 73.5. The first-order valence-electron chi connectivity index (χ1n) is 18.0. The summed E-state index contributed by atoms with van der Waals surface area (Å²) in [4.78, 5) is 4.69. The van der Waals surface area contributed by atoms with Crippen LogP contribution in [0.2, 0.25) is 0 Å². The minimum Gasteiger partial charge on any atom is -0.456 e. The predicted molar refractivity (Wildman–Crippen MR) is 224 cm³/mol. The lowest BCUT2D eigenvalue weighted by Crippen LogP contribution is -2.13. The first-order valence-corrected chi connectivity index (χ1v) is 18.0. The topological polar surface area (TPSA) is 19.6 Å². The van der Waals surface area contributed by atoms with Gasteiger partial charge >= 0.3 is 0 Å². The molecular formula is C50H34N2O. The highest BCUT2D eigenvalue weighted by Gasteiger charge is 2.21. The molecule has 0 aliphatic heterocycles. The second-order valence-corrected chi connectivity index (χ2v) is 13.4. The van der Waals surface area contributed by atoms with Crippen molar-refractivity contribution in [3.8, 4) is 11.1 Å². The van der Waals surface area contributed by atoms with Gasteiger partial charge in [-0.3, -0.25) is 0 Å². The van der Waals surface area contributed by atoms with Crippen molar-refractivity contribution in [2.75, 3.05) is 9.80 Å². The van der Waals surface area contributed by atoms with E-state index in [0.29, 0.717) is 0 Å². The van der Waals surface area contributed by atoms with Gasteiger partial charge in [0.15, 0.2) is 0 Å². The van der Waals surface area contributed by atoms with Crippen LogP contribution < -0.4 is 9.80 Å². The van der Waals surface area contributed by atoms with E-state index < -0.39 is 0 Å². The zero-order valence-electron chi connectivity index (χ0n) is 28.9. The van der Waals surface area contributed by atoms with Gasteiger partial charge in [0.25, 0.3) is 0 Å². The average Bonchev–Trinajstić information content (AvgIpc) is 3.60. The quantitative estimate of drug-likeness (QED) is 0.156. The number of rotatable bonds is 7. The molecule has 3 nitrogen and oxygen atoms in total. The van der Waals surface area contributed by atoms with E-state index in [9.17, 15) is 0 Å². The summed E-state index contributed by atoms with van der Waals surface area (Å²) < 4.78 is 6.44. The lowest BCUT2D eigenvalue weighted by atomic mass is 9.92. The van der Waals surface area contributed by atoms with E-state index in [0.717, 1.165) is 61.6 Å². The predicted octanol–water partition coefficient (Wildman–Crippen LogP) is 14.5. The second-order valence-electron chi connectivity index (χ2n) is 13.4. The summed E-state index contributed by atoms with van der Waals surface area (Å²) in [7, 11) is 0. The van der Waals surface area contributed by atoms with Crippen LogP contribution >= 0.6 is 0 Å². The number of furan rings is 1. The van der Waals surface area contributed by atoms with E-state index in [1.165, 1.54) is 27.1 Å². The molecule has 0 amide bonds. The van der Waals surface area contributed by atoms with Gasteiger partial charge in [0.2, 0.25) is 0 Å². The Labute approximate surface area is 308 Å². The molecule has 0 saturated carbocycles. The van der Waals surface area contributed by atoms with Crippen LogP contribution in [0.3, 0.4) is 0 Å². The second kappa shape index (κ2) is 12.9. The van der Waals surface area contributed by atoms with Gasteiger partial charge in [-0.15, -0.1) is 0 Å². The van der Waals surface area contributed by atoms with Crippen molar-refractivity contribution in [1.82, 2.24) is 0 Å². The molecule has 3 heteroatoms. The van der Waals surface area contributed by atoms with E-state index in [4.69, 9.17) is 4.42 Å². The molecule has 0 N–H and O–H groups in total. The Hall–Kier alpha value is -7.10. The number of anilines is 6. The molecule has 0 saturated heterocycles. The molecule has 1 heterocycles. The summed E-state index contributed by atoms with van der Waals surface area (Å²) in [6.45, 7) is 0. The number of nitrogens with zero attached hydrogens (tertiary/aromatic N) is 2. The SMILES string of the molecule is c1ccc(N(c2ccccc2)c2cc(-c3cc4ccccc4c4ccccc34)cc(N(c3ccccc3)c3ccc4c(c3)oc3ccccc34)c2)cc1. The van der Waals surface area contributed by atoms with Crippen LogP contribution in [0.25, 0.3) is 54.6 Å². The van der Waals surface area contributed by atoms with Crippen molar-refractivity contribution in [2.24, 2.45) is 0 Å². The maximum absolute atomic E-state index is 6.44. The molecular weight excluding hydrogens is 645 g/mol. The van der Waals surface area contributed by atoms with E-state index in [2.05, 4.69) is 204 Å². The van der Waals surface area contributed by atoms with Gasteiger partial charge in [-0.2, -0.15) is 0 Å². The van der Waals surface area contributed by atoms with Crippen LogP contribution in [0.1, 0.15) is 0 Å². The Balaban J connectivity index is 1.27. The summed E-state index contributed by atoms with van der Waals surface area (Å²) in [5.74, 6) is 0. The molecule has 0 spiro atoms. The van der Waals surface area contributed by atoms with Gasteiger partial charge in [-0.1, -0.05) is 121 Å². The van der Waals surface area contributed by atoms with Gasteiger partial charge in [0.05, 0.1) is 0 Å². The number of benzene rings is 9. The van der Waals surface area contributed by atoms with E-state index in [-0.39, 0.29) is 0 Å². The number of para-hydroxylation sites is 4. The zero-order valence-corrected chi connectivity index (χ0v) is 28.9. The van der Waals surface area contributed by atoms with Crippen LogP contribution in [0.5, 0.6) is 0 Å². The van der Waals surface area contributed by atoms with Crippen molar-refractivity contribution < 1.29 is 4.42 Å². The lowest BCUT2D eigenvalue weighted by molar-refractivity contribution is 0.669. The number of hydrogen-bond donors (Lipinski definition) is 0. The molecule has 0 aliphatic carbocycles. The Morgan fingerprint density at radius 1 is 0.283 bits per heavy atom. The fraction of sp³-hybridized carbons (Fsp3) is 0. The maximum atomic E-state index is 6.44. The minimum absolute atomic E-state index is 0.858. The summed E-state index contributed by atoms with van der Waals surface area (Å²) >= 11 is 0. The van der Waals surface area contributed by atoms with Crippen LogP contribution in [0.4, 0.5) is 34.1 Å². The minimum atomic E-state index is 0.858. The molecule has 0 atom stereocenters. The van der Waals surface area contributed by atoms with Crippen LogP contribution in [-0.4, -0.2) is 0 Å². The fourth-order valence-corrected chi connectivity index (χ4v) is 7.78. The molecule has 53 heavy (non-hydrogen) atoms. The highest BCUT2D eigenvalue weighted by Crippen LogP contribution is 2.45. The van der Waals surface area contributed by atoms with Crippen molar-refractivity contribution in [3.05, 3.63) is 206 Å². The van der Waals surface area contributed by atoms with Crippen LogP contribution in [-0.2, 0) is 0 Å². The fourth-order valence-electron chi connectivity index (χ4n) is 7.78. The summed E-state index contributed by atoms with van der Waals surface area (Å²) in [6.07, 6.45) is 0. The lowest BCUT2D eigenvalue weighted by Gasteiger charge is -2.30. The summed E-state index contributed by atoms with van der Waals surface area (Å²) in [5.41, 5.74) is 10.4. The molecule has 0 radical (unpaired) electrons. The molecule has 1 aromatic heterocycles. The van der Waals surface area contributed by atoms with Gasteiger partial charge in [0, 0.05) is 51.0 Å². The van der Waals surface area contributed by atoms with E-state index in [1.807, 2.05) is 12.1 Å². The molecule has 0 unspecified atom stereocenters.